The lowest BCUT2D eigenvalue weighted by molar-refractivity contribution is 0.669. The van der Waals surface area contributed by atoms with Crippen LogP contribution in [0.25, 0.3) is 96.7 Å². The number of para-hydroxylation sites is 1. The van der Waals surface area contributed by atoms with Crippen LogP contribution in [-0.4, -0.2) is 11.7 Å². The fourth-order valence-corrected chi connectivity index (χ4v) is 10.7. The van der Waals surface area contributed by atoms with E-state index in [0.29, 0.717) is 5.84 Å². The molecule has 0 amide bonds. The zero-order valence-corrected chi connectivity index (χ0v) is 34.2. The molecule has 13 rings (SSSR count). The summed E-state index contributed by atoms with van der Waals surface area (Å²) in [6.45, 7) is 0. The molecule has 0 saturated carbocycles. The number of aliphatic imine (C=N–C) groups is 2. The van der Waals surface area contributed by atoms with Crippen molar-refractivity contribution in [1.29, 1.82) is 0 Å². The smallest absolute Gasteiger partial charge is 0.159 e. The van der Waals surface area contributed by atoms with E-state index < -0.39 is 0 Å². The minimum absolute atomic E-state index is 0.386. The van der Waals surface area contributed by atoms with Crippen molar-refractivity contribution >= 4 is 97.4 Å². The van der Waals surface area contributed by atoms with E-state index in [2.05, 4.69) is 181 Å². The Morgan fingerprint density at radius 1 is 0.419 bits per heavy atom. The quantitative estimate of drug-likeness (QED) is 0.176. The van der Waals surface area contributed by atoms with Gasteiger partial charge in [-0.05, 0) is 91.0 Å². The van der Waals surface area contributed by atoms with Crippen LogP contribution in [0, 0.1) is 0 Å². The van der Waals surface area contributed by atoms with Gasteiger partial charge in [0.05, 0.1) is 0 Å². The van der Waals surface area contributed by atoms with E-state index >= 15 is 0 Å². The second-order valence-corrected chi connectivity index (χ2v) is 17.2. The molecule has 0 spiro atoms. The monoisotopic (exact) mass is 809 g/mol. The Labute approximate surface area is 360 Å². The summed E-state index contributed by atoms with van der Waals surface area (Å²) in [4.78, 5) is 10.5. The van der Waals surface area contributed by atoms with Crippen LogP contribution in [-0.2, 0) is 0 Å². The van der Waals surface area contributed by atoms with Gasteiger partial charge >= 0.3 is 0 Å². The fraction of sp³-hybridized carbons (Fsp3) is 0.0175. The summed E-state index contributed by atoms with van der Waals surface area (Å²) in [5.41, 5.74) is 9.37. The number of hydrogen-bond donors (Lipinski definition) is 1. The van der Waals surface area contributed by atoms with Gasteiger partial charge in [-0.3, -0.25) is 0 Å². The minimum atomic E-state index is -0.386. The lowest BCUT2D eigenvalue weighted by Gasteiger charge is -2.25. The van der Waals surface area contributed by atoms with Crippen molar-refractivity contribution in [3.05, 3.63) is 217 Å². The van der Waals surface area contributed by atoms with Crippen molar-refractivity contribution < 1.29 is 4.42 Å². The largest absolute Gasteiger partial charge is 0.456 e. The maximum Gasteiger partial charge on any atom is 0.159 e. The van der Waals surface area contributed by atoms with Gasteiger partial charge in [0.15, 0.2) is 5.84 Å². The van der Waals surface area contributed by atoms with Gasteiger partial charge in [0.2, 0.25) is 0 Å². The van der Waals surface area contributed by atoms with Gasteiger partial charge in [-0.25, -0.2) is 9.98 Å². The zero-order valence-electron chi connectivity index (χ0n) is 33.3. The average Bonchev–Trinajstić information content (AvgIpc) is 3.91. The van der Waals surface area contributed by atoms with Crippen molar-refractivity contribution in [2.24, 2.45) is 9.98 Å². The Morgan fingerprint density at radius 2 is 1.13 bits per heavy atom. The maximum absolute atomic E-state index is 6.68. The van der Waals surface area contributed by atoms with Crippen LogP contribution in [0.2, 0.25) is 0 Å². The predicted molar refractivity (Wildman–Crippen MR) is 262 cm³/mol. The van der Waals surface area contributed by atoms with Crippen molar-refractivity contribution in [2.75, 3.05) is 0 Å². The second-order valence-electron chi connectivity index (χ2n) is 16.1. The third kappa shape index (κ3) is 5.59. The normalized spacial score (nSPS) is 14.3. The first-order chi connectivity index (χ1) is 30.7. The number of benzene rings is 10. The zero-order chi connectivity index (χ0) is 40.7. The van der Waals surface area contributed by atoms with Crippen LogP contribution in [0.1, 0.15) is 22.9 Å². The molecule has 1 aliphatic heterocycles. The van der Waals surface area contributed by atoms with E-state index in [9.17, 15) is 0 Å². The number of thiophene rings is 1. The third-order valence-corrected chi connectivity index (χ3v) is 13.7. The average molecular weight is 810 g/mol. The molecular weight excluding hydrogens is 775 g/mol. The molecule has 0 saturated heterocycles. The molecule has 290 valence electrons. The summed E-state index contributed by atoms with van der Waals surface area (Å²) in [7, 11) is 0. The van der Waals surface area contributed by atoms with Crippen LogP contribution < -0.4 is 5.32 Å². The molecule has 12 aromatic rings. The lowest BCUT2D eigenvalue weighted by Crippen LogP contribution is -2.33. The third-order valence-electron chi connectivity index (χ3n) is 12.5. The van der Waals surface area contributed by atoms with Gasteiger partial charge in [-0.1, -0.05) is 164 Å². The van der Waals surface area contributed by atoms with Gasteiger partial charge in [0.1, 0.15) is 23.2 Å². The van der Waals surface area contributed by atoms with Crippen molar-refractivity contribution in [3.63, 3.8) is 0 Å². The summed E-state index contributed by atoms with van der Waals surface area (Å²) in [6, 6.07) is 71.7. The van der Waals surface area contributed by atoms with Crippen molar-refractivity contribution in [1.82, 2.24) is 5.32 Å². The number of amidine groups is 2. The van der Waals surface area contributed by atoms with Crippen LogP contribution in [0.3, 0.4) is 0 Å². The van der Waals surface area contributed by atoms with E-state index in [1.807, 2.05) is 35.6 Å². The van der Waals surface area contributed by atoms with Gasteiger partial charge in [0, 0.05) is 47.6 Å². The molecule has 5 heteroatoms. The molecule has 0 aliphatic carbocycles. The highest BCUT2D eigenvalue weighted by Crippen LogP contribution is 2.44. The number of furan rings is 1. The highest BCUT2D eigenvalue weighted by molar-refractivity contribution is 7.25. The number of hydrogen-bond acceptors (Lipinski definition) is 5. The first kappa shape index (κ1) is 34.9. The van der Waals surface area contributed by atoms with Crippen LogP contribution in [0.15, 0.2) is 215 Å². The summed E-state index contributed by atoms with van der Waals surface area (Å²) in [6.07, 6.45) is -0.386. The van der Waals surface area contributed by atoms with Gasteiger partial charge < -0.3 is 9.73 Å². The molecule has 10 aromatic carbocycles. The highest BCUT2D eigenvalue weighted by Gasteiger charge is 2.25. The van der Waals surface area contributed by atoms with E-state index in [-0.39, 0.29) is 6.17 Å². The Hall–Kier alpha value is -7.86. The van der Waals surface area contributed by atoms with Gasteiger partial charge in [0.25, 0.3) is 0 Å². The van der Waals surface area contributed by atoms with E-state index in [1.165, 1.54) is 41.7 Å². The minimum Gasteiger partial charge on any atom is -0.456 e. The van der Waals surface area contributed by atoms with Crippen LogP contribution in [0.5, 0.6) is 0 Å². The molecule has 0 fully saturated rings. The maximum atomic E-state index is 6.68. The van der Waals surface area contributed by atoms with Crippen LogP contribution >= 0.6 is 11.3 Å². The molecule has 0 radical (unpaired) electrons. The highest BCUT2D eigenvalue weighted by atomic mass is 32.1. The number of nitrogens with zero attached hydrogens (tertiary/aromatic N) is 2. The van der Waals surface area contributed by atoms with Crippen molar-refractivity contribution in [3.8, 4) is 22.3 Å². The first-order valence-corrected chi connectivity index (χ1v) is 21.8. The van der Waals surface area contributed by atoms with Crippen LogP contribution in [0.4, 0.5) is 0 Å². The molecule has 1 aliphatic rings. The van der Waals surface area contributed by atoms with Crippen molar-refractivity contribution in [2.45, 2.75) is 6.17 Å². The SMILES string of the molecule is c1ccc(C2=NC(c3cccc4c(-c5cc(-c6ccc7ccc8ccccc8c7c6)cc6oc7ccccc7c56)cccc34)NC(c3ccc4c(c3)sc3ccccc34)=N2)cc1. The Kier molecular flexibility index (Phi) is 7.81. The lowest BCUT2D eigenvalue weighted by atomic mass is 9.89. The van der Waals surface area contributed by atoms with E-state index in [4.69, 9.17) is 14.4 Å². The predicted octanol–water partition coefficient (Wildman–Crippen LogP) is 15.2. The Bertz CT molecular complexity index is 3860. The summed E-state index contributed by atoms with van der Waals surface area (Å²) in [5.74, 6) is 1.51. The summed E-state index contributed by atoms with van der Waals surface area (Å²) < 4.78 is 9.20. The molecule has 0 bridgehead atoms. The van der Waals surface area contributed by atoms with E-state index in [0.717, 1.165) is 77.5 Å². The molecule has 1 atom stereocenters. The second kappa shape index (κ2) is 13.8. The van der Waals surface area contributed by atoms with Gasteiger partial charge in [-0.2, -0.15) is 0 Å². The number of rotatable bonds is 5. The van der Waals surface area contributed by atoms with Gasteiger partial charge in [-0.15, -0.1) is 11.3 Å². The topological polar surface area (TPSA) is 49.9 Å². The fourth-order valence-electron chi connectivity index (χ4n) is 9.57. The molecule has 3 heterocycles. The molecule has 1 unspecified atom stereocenters. The van der Waals surface area contributed by atoms with E-state index in [1.54, 1.807) is 0 Å². The molecular formula is C57H35N3OS. The molecule has 1 N–H and O–H groups in total. The molecule has 2 aromatic heterocycles. The number of nitrogens with one attached hydrogen (secondary N) is 1. The standard InChI is InChI=1S/C57H35N3OS/c1-2-13-36(14-3-1)55-58-56(38-28-29-45-44-16-7-9-23-52(44)62-53(45)33-38)60-57(59-55)46-21-11-18-41-42(46)19-10-20-43(41)49-31-39(32-51-54(49)47-17-6-8-22-50(47)61-51)37-27-26-35-25-24-34-12-4-5-15-40(34)48(35)30-37/h1-33,57H,(H,58,59,60). The summed E-state index contributed by atoms with van der Waals surface area (Å²) in [5, 5.41) is 15.8. The molecule has 4 nitrogen and oxygen atoms in total. The summed E-state index contributed by atoms with van der Waals surface area (Å²) >= 11 is 1.82. The first-order valence-electron chi connectivity index (χ1n) is 21.0. The Balaban J connectivity index is 0.982. The Morgan fingerprint density at radius 3 is 2.05 bits per heavy atom. The number of fused-ring (bicyclic) bond motifs is 10. The molecule has 62 heavy (non-hydrogen) atoms.